The van der Waals surface area contributed by atoms with Gasteiger partial charge in [-0.2, -0.15) is 23.4 Å². The second-order valence-electron chi connectivity index (χ2n) is 8.74. The molecule has 0 bridgehead atoms. The van der Waals surface area contributed by atoms with Crippen molar-refractivity contribution in [3.05, 3.63) is 74.7 Å². The van der Waals surface area contributed by atoms with Crippen LogP contribution in [0.2, 0.25) is 0 Å². The largest absolute Gasteiger partial charge is 0.454 e. The Labute approximate surface area is 231 Å². The van der Waals surface area contributed by atoms with E-state index in [-0.39, 0.29) is 50.1 Å². The molecule has 212 valence electrons. The fourth-order valence-electron chi connectivity index (χ4n) is 4.23. The highest BCUT2D eigenvalue weighted by atomic mass is 32.1. The van der Waals surface area contributed by atoms with Crippen LogP contribution >= 0.6 is 11.3 Å². The molecule has 0 atom stereocenters. The number of alkyl halides is 3. The monoisotopic (exact) mass is 588 g/mol. The zero-order valence-electron chi connectivity index (χ0n) is 21.2. The highest BCUT2D eigenvalue weighted by Gasteiger charge is 2.35. The number of aryl methyl sites for hydroxylation is 1. The second-order valence-corrected chi connectivity index (χ2v) is 9.74. The van der Waals surface area contributed by atoms with Crippen LogP contribution in [-0.2, 0) is 19.3 Å². The van der Waals surface area contributed by atoms with Crippen LogP contribution in [0.5, 0.6) is 0 Å². The molecule has 0 fully saturated rings. The van der Waals surface area contributed by atoms with Gasteiger partial charge in [0.2, 0.25) is 0 Å². The Morgan fingerprint density at radius 2 is 1.98 bits per heavy atom. The van der Waals surface area contributed by atoms with E-state index in [1.54, 1.807) is 11.6 Å². The molecule has 3 N–H and O–H groups in total. The Bertz CT molecular complexity index is 1830. The summed E-state index contributed by atoms with van der Waals surface area (Å²) in [6, 6.07) is 3.62. The van der Waals surface area contributed by atoms with Crippen LogP contribution in [-0.4, -0.2) is 41.3 Å². The maximum absolute atomic E-state index is 13.8. The second kappa shape index (κ2) is 10.2. The summed E-state index contributed by atoms with van der Waals surface area (Å²) in [6.07, 6.45) is -1.15. The van der Waals surface area contributed by atoms with Gasteiger partial charge in [0.25, 0.3) is 11.8 Å². The summed E-state index contributed by atoms with van der Waals surface area (Å²) in [5.74, 6) is -1.77. The molecule has 0 aliphatic rings. The lowest BCUT2D eigenvalue weighted by molar-refractivity contribution is -0.385. The first kappa shape index (κ1) is 27.5. The van der Waals surface area contributed by atoms with Gasteiger partial charge < -0.3 is 15.5 Å². The third-order valence-electron chi connectivity index (χ3n) is 6.14. The van der Waals surface area contributed by atoms with Gasteiger partial charge in [-0.3, -0.25) is 29.1 Å². The molecule has 17 heteroatoms. The number of nitrogens with one attached hydrogen (secondary N) is 1. The molecular formula is C24H19F3N8O5S. The van der Waals surface area contributed by atoms with Gasteiger partial charge in [-0.1, -0.05) is 0 Å². The molecule has 41 heavy (non-hydrogen) atoms. The summed E-state index contributed by atoms with van der Waals surface area (Å²) in [7, 11) is 0. The quantitative estimate of drug-likeness (QED) is 0.195. The number of amides is 2. The molecule has 0 radical (unpaired) electrons. The van der Waals surface area contributed by atoms with E-state index in [0.29, 0.717) is 29.1 Å². The molecule has 5 aromatic rings. The van der Waals surface area contributed by atoms with Gasteiger partial charge in [0.15, 0.2) is 5.76 Å². The molecule has 2 amide bonds. The number of nitrogens with zero attached hydrogens (tertiary/aromatic N) is 6. The number of aromatic nitrogens is 5. The molecule has 5 aromatic heterocycles. The van der Waals surface area contributed by atoms with Crippen molar-refractivity contribution in [2.75, 3.05) is 5.32 Å². The van der Waals surface area contributed by atoms with E-state index in [9.17, 15) is 32.9 Å². The fraction of sp³-hybridized carbons (Fsp3) is 0.208. The minimum atomic E-state index is -4.79. The summed E-state index contributed by atoms with van der Waals surface area (Å²) in [5, 5.41) is 21.6. The summed E-state index contributed by atoms with van der Waals surface area (Å²) < 4.78 is 49.8. The van der Waals surface area contributed by atoms with Crippen LogP contribution < -0.4 is 11.1 Å². The van der Waals surface area contributed by atoms with Crippen LogP contribution in [0.4, 0.5) is 24.5 Å². The van der Waals surface area contributed by atoms with E-state index in [2.05, 4.69) is 20.5 Å². The number of primary amides is 1. The van der Waals surface area contributed by atoms with Gasteiger partial charge in [-0.15, -0.1) is 11.3 Å². The first-order valence-electron chi connectivity index (χ1n) is 11.8. The molecular weight excluding hydrogens is 569 g/mol. The Kier molecular flexibility index (Phi) is 6.82. The van der Waals surface area contributed by atoms with Crippen molar-refractivity contribution >= 4 is 44.7 Å². The summed E-state index contributed by atoms with van der Waals surface area (Å²) in [5.41, 5.74) is 4.98. The van der Waals surface area contributed by atoms with Gasteiger partial charge in [-0.05, 0) is 37.6 Å². The maximum Gasteiger partial charge on any atom is 0.433 e. The van der Waals surface area contributed by atoms with E-state index >= 15 is 0 Å². The number of hydrogen-bond donors (Lipinski definition) is 2. The topological polar surface area (TPSA) is 177 Å². The standard InChI is InChI=1S/C24H19F3N8O5S/c1-3-34-11(2)15(8-30-34)14-6-17(24(25,26)27)31-23-18(14)19(20(41-23)21(28)36)32-22(37)16-5-4-13(40-16)10-33-9-12(7-29-33)35(38)39/h4-9H,3,10H2,1-2H3,(H2,28,36)(H,32,37). The Hall–Kier alpha value is -5.06. The minimum absolute atomic E-state index is 0.0238. The number of fused-ring (bicyclic) bond motifs is 1. The predicted octanol–water partition coefficient (Wildman–Crippen LogP) is 4.60. The fourth-order valence-corrected chi connectivity index (χ4v) is 5.24. The predicted molar refractivity (Wildman–Crippen MR) is 139 cm³/mol. The molecule has 0 spiro atoms. The summed E-state index contributed by atoms with van der Waals surface area (Å²) in [4.78, 5) is 39.2. The molecule has 5 rings (SSSR count). The molecule has 0 saturated heterocycles. The number of carbonyl (C=O) groups excluding carboxylic acids is 2. The highest BCUT2D eigenvalue weighted by Crippen LogP contribution is 2.44. The van der Waals surface area contributed by atoms with Gasteiger partial charge in [0.05, 0.1) is 23.4 Å². The van der Waals surface area contributed by atoms with Crippen molar-refractivity contribution in [1.82, 2.24) is 24.5 Å². The van der Waals surface area contributed by atoms with E-state index in [4.69, 9.17) is 10.2 Å². The van der Waals surface area contributed by atoms with Gasteiger partial charge in [0.1, 0.15) is 33.6 Å². The number of pyridine rings is 1. The molecule has 0 unspecified atom stereocenters. The normalized spacial score (nSPS) is 11.7. The first-order valence-corrected chi connectivity index (χ1v) is 12.6. The average molecular weight is 589 g/mol. The van der Waals surface area contributed by atoms with Crippen LogP contribution in [0.1, 0.15) is 44.3 Å². The van der Waals surface area contributed by atoms with Crippen LogP contribution in [0.25, 0.3) is 21.3 Å². The van der Waals surface area contributed by atoms with Gasteiger partial charge in [-0.25, -0.2) is 4.98 Å². The number of thiophene rings is 1. The number of halogens is 3. The van der Waals surface area contributed by atoms with Crippen molar-refractivity contribution in [2.45, 2.75) is 33.1 Å². The molecule has 0 saturated carbocycles. The van der Waals surface area contributed by atoms with Crippen molar-refractivity contribution in [1.29, 1.82) is 0 Å². The lowest BCUT2D eigenvalue weighted by atomic mass is 10.0. The highest BCUT2D eigenvalue weighted by molar-refractivity contribution is 7.21. The van der Waals surface area contributed by atoms with E-state index in [0.717, 1.165) is 12.3 Å². The number of furan rings is 1. The van der Waals surface area contributed by atoms with Crippen molar-refractivity contribution in [3.63, 3.8) is 0 Å². The van der Waals surface area contributed by atoms with Crippen LogP contribution in [0, 0.1) is 17.0 Å². The van der Waals surface area contributed by atoms with Crippen LogP contribution in [0.3, 0.4) is 0 Å². The minimum Gasteiger partial charge on any atom is -0.454 e. The zero-order chi connectivity index (χ0) is 29.6. The Balaban J connectivity index is 1.57. The van der Waals surface area contributed by atoms with Crippen LogP contribution in [0.15, 0.2) is 41.2 Å². The molecule has 0 aliphatic heterocycles. The smallest absolute Gasteiger partial charge is 0.433 e. The van der Waals surface area contributed by atoms with E-state index in [1.165, 1.54) is 29.2 Å². The number of nitro groups is 1. The number of nitrogens with two attached hydrogens (primary N) is 1. The van der Waals surface area contributed by atoms with Crippen molar-refractivity contribution in [3.8, 4) is 11.1 Å². The number of rotatable bonds is 8. The van der Waals surface area contributed by atoms with Crippen molar-refractivity contribution < 1.29 is 32.1 Å². The molecule has 5 heterocycles. The first-order chi connectivity index (χ1) is 19.4. The number of carbonyl (C=O) groups is 2. The SMILES string of the molecule is CCn1ncc(-c2cc(C(F)(F)F)nc3sc(C(N)=O)c(NC(=O)c4ccc(Cn5cc([N+](=O)[O-])cn5)o4)c23)c1C. The molecule has 0 aromatic carbocycles. The zero-order valence-corrected chi connectivity index (χ0v) is 22.0. The average Bonchev–Trinajstić information content (AvgIpc) is 3.69. The number of anilines is 1. The lowest BCUT2D eigenvalue weighted by Gasteiger charge is -2.12. The number of hydrogen-bond acceptors (Lipinski definition) is 9. The van der Waals surface area contributed by atoms with Gasteiger partial charge in [0, 0.05) is 23.2 Å². The maximum atomic E-state index is 13.8. The van der Waals surface area contributed by atoms with E-state index in [1.807, 2.05) is 6.92 Å². The third-order valence-corrected chi connectivity index (χ3v) is 7.24. The summed E-state index contributed by atoms with van der Waals surface area (Å²) >= 11 is 0.613. The van der Waals surface area contributed by atoms with E-state index < -0.39 is 28.6 Å². The lowest BCUT2D eigenvalue weighted by Crippen LogP contribution is -2.16. The van der Waals surface area contributed by atoms with Gasteiger partial charge >= 0.3 is 11.9 Å². The Morgan fingerprint density at radius 1 is 1.22 bits per heavy atom. The van der Waals surface area contributed by atoms with Crippen molar-refractivity contribution in [2.24, 2.45) is 5.73 Å². The Morgan fingerprint density at radius 3 is 2.59 bits per heavy atom. The molecule has 13 nitrogen and oxygen atoms in total. The third kappa shape index (κ3) is 5.13. The summed E-state index contributed by atoms with van der Waals surface area (Å²) in [6.45, 7) is 3.94. The molecule has 0 aliphatic carbocycles.